The summed E-state index contributed by atoms with van der Waals surface area (Å²) in [5.41, 5.74) is 3.10. The molecule has 0 saturated heterocycles. The molecular formula is C18H27BrClN. The molecule has 0 aromatic heterocycles. The van der Waals surface area contributed by atoms with Crippen LogP contribution < -0.4 is 4.90 Å². The summed E-state index contributed by atoms with van der Waals surface area (Å²) in [4.78, 5) is 2.50. The highest BCUT2D eigenvalue weighted by Crippen LogP contribution is 2.58. The van der Waals surface area contributed by atoms with Gasteiger partial charge in [0.25, 0.3) is 0 Å². The molecule has 1 nitrogen and oxygen atoms in total. The molecule has 0 amide bonds. The number of halogens is 2. The van der Waals surface area contributed by atoms with Gasteiger partial charge in [-0.1, -0.05) is 46.2 Å². The van der Waals surface area contributed by atoms with Crippen molar-refractivity contribution >= 4 is 33.2 Å². The quantitative estimate of drug-likeness (QED) is 0.601. The van der Waals surface area contributed by atoms with Crippen LogP contribution >= 0.6 is 27.5 Å². The number of benzene rings is 1. The van der Waals surface area contributed by atoms with Gasteiger partial charge in [-0.15, -0.1) is 0 Å². The fourth-order valence-electron chi connectivity index (χ4n) is 3.85. The fourth-order valence-corrected chi connectivity index (χ4v) is 4.73. The molecule has 1 unspecified atom stereocenters. The molecule has 0 spiro atoms. The second kappa shape index (κ2) is 5.77. The predicted molar refractivity (Wildman–Crippen MR) is 97.6 cm³/mol. The fraction of sp³-hybridized carbons (Fsp3) is 0.667. The zero-order valence-electron chi connectivity index (χ0n) is 14.1. The third kappa shape index (κ3) is 2.34. The summed E-state index contributed by atoms with van der Waals surface area (Å²) in [6, 6.07) is 4.21. The van der Waals surface area contributed by atoms with Crippen molar-refractivity contribution in [1.82, 2.24) is 0 Å². The molecular weight excluding hydrogens is 346 g/mol. The highest BCUT2D eigenvalue weighted by Gasteiger charge is 2.53. The molecule has 0 aliphatic carbocycles. The molecule has 0 bridgehead atoms. The summed E-state index contributed by atoms with van der Waals surface area (Å²) >= 11 is 10.2. The lowest BCUT2D eigenvalue weighted by molar-refractivity contribution is 0.103. The normalized spacial score (nSPS) is 22.0. The molecule has 0 fully saturated rings. The van der Waals surface area contributed by atoms with Crippen LogP contribution in [0.4, 0.5) is 5.69 Å². The van der Waals surface area contributed by atoms with Crippen molar-refractivity contribution in [2.75, 3.05) is 18.0 Å². The summed E-state index contributed by atoms with van der Waals surface area (Å²) in [6.07, 6.45) is 1.13. The van der Waals surface area contributed by atoms with Crippen LogP contribution in [0.25, 0.3) is 0 Å². The van der Waals surface area contributed by atoms with E-state index in [0.29, 0.717) is 5.92 Å². The summed E-state index contributed by atoms with van der Waals surface area (Å²) in [6.45, 7) is 16.2. The van der Waals surface area contributed by atoms with Gasteiger partial charge >= 0.3 is 0 Å². The third-order valence-corrected chi connectivity index (χ3v) is 7.38. The van der Waals surface area contributed by atoms with Gasteiger partial charge in [-0.05, 0) is 58.3 Å². The second-order valence-electron chi connectivity index (χ2n) is 7.08. The zero-order chi connectivity index (χ0) is 16.0. The van der Waals surface area contributed by atoms with Crippen LogP contribution in [0, 0.1) is 11.3 Å². The van der Waals surface area contributed by atoms with Gasteiger partial charge < -0.3 is 4.90 Å². The van der Waals surface area contributed by atoms with Gasteiger partial charge in [-0.2, -0.15) is 0 Å². The standard InChI is InChI=1S/C18H27BrClN/c1-7-18(17(5,6)12(3)4)11-21(8-2)14-10-9-13(20)16(19)15(14)18/h9-10,12H,7-8,11H2,1-6H3. The summed E-state index contributed by atoms with van der Waals surface area (Å²) in [5.74, 6) is 0.605. The number of fused-ring (bicyclic) bond motifs is 1. The molecule has 1 aromatic carbocycles. The first-order valence-electron chi connectivity index (χ1n) is 7.96. The van der Waals surface area contributed by atoms with E-state index in [4.69, 9.17) is 11.6 Å². The van der Waals surface area contributed by atoms with Crippen LogP contribution in [0.3, 0.4) is 0 Å². The van der Waals surface area contributed by atoms with E-state index in [2.05, 4.69) is 68.4 Å². The smallest absolute Gasteiger partial charge is 0.0552 e. The molecule has 2 rings (SSSR count). The maximum absolute atomic E-state index is 6.43. The number of likely N-dealkylation sites (N-methyl/N-ethyl adjacent to an activating group) is 1. The lowest BCUT2D eigenvalue weighted by Gasteiger charge is -2.48. The average molecular weight is 373 g/mol. The minimum absolute atomic E-state index is 0.135. The van der Waals surface area contributed by atoms with Crippen molar-refractivity contribution in [3.8, 4) is 0 Å². The molecule has 0 N–H and O–H groups in total. The lowest BCUT2D eigenvalue weighted by atomic mass is 9.56. The van der Waals surface area contributed by atoms with Crippen LogP contribution in [0.5, 0.6) is 0 Å². The molecule has 0 radical (unpaired) electrons. The number of hydrogen-bond acceptors (Lipinski definition) is 1. The molecule has 1 aliphatic rings. The summed E-state index contributed by atoms with van der Waals surface area (Å²) in [7, 11) is 0. The van der Waals surface area contributed by atoms with Crippen LogP contribution in [0.2, 0.25) is 5.02 Å². The van der Waals surface area contributed by atoms with E-state index in [0.717, 1.165) is 29.0 Å². The predicted octanol–water partition coefficient (Wildman–Crippen LogP) is 6.27. The first-order valence-corrected chi connectivity index (χ1v) is 9.13. The summed E-state index contributed by atoms with van der Waals surface area (Å²) in [5, 5.41) is 0.823. The van der Waals surface area contributed by atoms with Crippen molar-refractivity contribution in [3.05, 3.63) is 27.2 Å². The average Bonchev–Trinajstić information content (AvgIpc) is 2.78. The first kappa shape index (κ1) is 17.1. The van der Waals surface area contributed by atoms with Crippen molar-refractivity contribution in [2.45, 2.75) is 53.4 Å². The van der Waals surface area contributed by atoms with Gasteiger partial charge in [0.1, 0.15) is 0 Å². The van der Waals surface area contributed by atoms with Gasteiger partial charge in [-0.25, -0.2) is 0 Å². The lowest BCUT2D eigenvalue weighted by Crippen LogP contribution is -2.48. The van der Waals surface area contributed by atoms with Crippen LogP contribution in [-0.4, -0.2) is 13.1 Å². The van der Waals surface area contributed by atoms with Crippen LogP contribution in [-0.2, 0) is 5.41 Å². The SMILES string of the molecule is CCN1CC(CC)(C(C)(C)C(C)C)c2c1ccc(Cl)c2Br. The minimum Gasteiger partial charge on any atom is -0.371 e. The first-order chi connectivity index (χ1) is 9.72. The Morgan fingerprint density at radius 3 is 2.43 bits per heavy atom. The van der Waals surface area contributed by atoms with Crippen molar-refractivity contribution in [2.24, 2.45) is 11.3 Å². The molecule has 1 aromatic rings. The van der Waals surface area contributed by atoms with Crippen molar-refractivity contribution in [1.29, 1.82) is 0 Å². The minimum atomic E-state index is 0.135. The van der Waals surface area contributed by atoms with E-state index in [9.17, 15) is 0 Å². The Balaban J connectivity index is 2.76. The second-order valence-corrected chi connectivity index (χ2v) is 8.28. The van der Waals surface area contributed by atoms with Gasteiger partial charge in [-0.3, -0.25) is 0 Å². The number of rotatable bonds is 4. The molecule has 1 heterocycles. The number of hydrogen-bond donors (Lipinski definition) is 0. The van der Waals surface area contributed by atoms with E-state index in [1.54, 1.807) is 0 Å². The monoisotopic (exact) mass is 371 g/mol. The Labute approximate surface area is 143 Å². The highest BCUT2D eigenvalue weighted by atomic mass is 79.9. The summed E-state index contributed by atoms with van der Waals surface area (Å²) < 4.78 is 1.09. The molecule has 1 atom stereocenters. The van der Waals surface area contributed by atoms with Crippen molar-refractivity contribution < 1.29 is 0 Å². The molecule has 1 aliphatic heterocycles. The van der Waals surface area contributed by atoms with E-state index >= 15 is 0 Å². The van der Waals surface area contributed by atoms with E-state index in [1.165, 1.54) is 11.3 Å². The van der Waals surface area contributed by atoms with Gasteiger partial charge in [0, 0.05) is 28.7 Å². The Morgan fingerprint density at radius 1 is 1.33 bits per heavy atom. The number of nitrogens with zero attached hydrogens (tertiary/aromatic N) is 1. The van der Waals surface area contributed by atoms with E-state index < -0.39 is 0 Å². The molecule has 3 heteroatoms. The molecule has 118 valence electrons. The Morgan fingerprint density at radius 2 is 1.95 bits per heavy atom. The highest BCUT2D eigenvalue weighted by molar-refractivity contribution is 9.10. The molecule has 0 saturated carbocycles. The van der Waals surface area contributed by atoms with Crippen LogP contribution in [0.1, 0.15) is 53.5 Å². The number of anilines is 1. The largest absolute Gasteiger partial charge is 0.371 e. The van der Waals surface area contributed by atoms with Gasteiger partial charge in [0.15, 0.2) is 0 Å². The van der Waals surface area contributed by atoms with E-state index in [-0.39, 0.29) is 10.8 Å². The van der Waals surface area contributed by atoms with Gasteiger partial charge in [0.2, 0.25) is 0 Å². The third-order valence-electron chi connectivity index (χ3n) is 6.01. The molecule has 21 heavy (non-hydrogen) atoms. The van der Waals surface area contributed by atoms with E-state index in [1.807, 2.05) is 6.07 Å². The topological polar surface area (TPSA) is 3.24 Å². The van der Waals surface area contributed by atoms with Crippen LogP contribution in [0.15, 0.2) is 16.6 Å². The Hall–Kier alpha value is -0.210. The Bertz CT molecular complexity index is 538. The maximum atomic E-state index is 6.43. The maximum Gasteiger partial charge on any atom is 0.0552 e. The van der Waals surface area contributed by atoms with Crippen molar-refractivity contribution in [3.63, 3.8) is 0 Å². The van der Waals surface area contributed by atoms with Gasteiger partial charge in [0.05, 0.1) is 5.02 Å². The Kier molecular flexibility index (Phi) is 4.71. The zero-order valence-corrected chi connectivity index (χ0v) is 16.4.